The molecule has 0 aliphatic carbocycles. The first kappa shape index (κ1) is 75.9. The molecule has 0 aliphatic rings. The molecular weight excluding hydrogens is 961 g/mol. The molecule has 0 aromatic carbocycles. The predicted octanol–water partition coefficient (Wildman–Crippen LogP) is 24.2. The molecule has 0 aliphatic heterocycles. The van der Waals surface area contributed by atoms with Crippen molar-refractivity contribution >= 4 is 17.9 Å². The van der Waals surface area contributed by atoms with E-state index in [4.69, 9.17) is 14.2 Å². The average Bonchev–Trinajstić information content (AvgIpc) is 3.44. The summed E-state index contributed by atoms with van der Waals surface area (Å²) in [5.74, 6) is -0.854. The fraction of sp³-hybridized carbons (Fsp3) is 0.903. The Kier molecular flexibility index (Phi) is 65.6. The van der Waals surface area contributed by atoms with Gasteiger partial charge in [0.05, 0.1) is 0 Å². The number of unbranched alkanes of at least 4 members (excludes halogenated alkanes) is 51. The fourth-order valence-electron chi connectivity index (χ4n) is 10.8. The highest BCUT2D eigenvalue weighted by atomic mass is 16.6. The summed E-state index contributed by atoms with van der Waals surface area (Å²) < 4.78 is 16.9. The predicted molar refractivity (Wildman–Crippen MR) is 340 cm³/mol. The van der Waals surface area contributed by atoms with Gasteiger partial charge in [-0.15, -0.1) is 0 Å². The zero-order valence-electron chi connectivity index (χ0n) is 53.0. The van der Waals surface area contributed by atoms with Gasteiger partial charge in [0, 0.05) is 19.3 Å². The largest absolute Gasteiger partial charge is 0.462 e. The molecule has 0 amide bonds. The summed E-state index contributed by atoms with van der Waals surface area (Å²) in [6.45, 7) is 6.67. The smallest absolute Gasteiger partial charge is 0.306 e. The minimum absolute atomic E-state index is 0.0686. The number of rotatable bonds is 66. The second-order valence-corrected chi connectivity index (χ2v) is 24.1. The summed E-state index contributed by atoms with van der Waals surface area (Å²) in [6.07, 6.45) is 82.4. The molecular formula is C72H136O6. The lowest BCUT2D eigenvalue weighted by molar-refractivity contribution is -0.167. The second-order valence-electron chi connectivity index (χ2n) is 24.1. The number of carbonyl (C=O) groups excluding carboxylic acids is 3. The van der Waals surface area contributed by atoms with Crippen molar-refractivity contribution in [3.63, 3.8) is 0 Å². The number of carbonyl (C=O) groups is 3. The van der Waals surface area contributed by atoms with Crippen LogP contribution in [0.3, 0.4) is 0 Å². The van der Waals surface area contributed by atoms with Gasteiger partial charge >= 0.3 is 17.9 Å². The Morgan fingerprint density at radius 2 is 0.423 bits per heavy atom. The Balaban J connectivity index is 3.96. The van der Waals surface area contributed by atoms with Gasteiger partial charge in [-0.1, -0.05) is 334 Å². The maximum atomic E-state index is 12.9. The van der Waals surface area contributed by atoms with Gasteiger partial charge in [-0.25, -0.2) is 0 Å². The molecule has 6 heteroatoms. The van der Waals surface area contributed by atoms with Crippen LogP contribution in [0.5, 0.6) is 0 Å². The summed E-state index contributed by atoms with van der Waals surface area (Å²) in [4.78, 5) is 38.2. The van der Waals surface area contributed by atoms with Gasteiger partial charge in [-0.05, 0) is 70.6 Å². The Labute approximate surface area is 487 Å². The van der Waals surface area contributed by atoms with Crippen molar-refractivity contribution < 1.29 is 28.6 Å². The Morgan fingerprint density at radius 3 is 0.641 bits per heavy atom. The van der Waals surface area contributed by atoms with Crippen LogP contribution < -0.4 is 0 Å². The standard InChI is InChI=1S/C72H136O6/c1-4-7-10-13-16-19-21-23-25-27-28-29-30-31-32-33-34-35-36-37-38-39-40-41-42-43-44-45-47-48-50-53-56-59-62-65-71(74)77-68-69(67-76-70(73)64-61-58-55-52-18-15-12-9-6-3)78-72(75)66-63-60-57-54-51-49-46-26-24-22-20-17-14-11-8-5-2/h26-28,46,69H,4-25,29-45,47-68H2,1-3H3/b28-27-,46-26-. The Morgan fingerprint density at radius 1 is 0.244 bits per heavy atom. The maximum Gasteiger partial charge on any atom is 0.306 e. The van der Waals surface area contributed by atoms with Gasteiger partial charge in [0.15, 0.2) is 6.10 Å². The highest BCUT2D eigenvalue weighted by molar-refractivity contribution is 5.71. The third kappa shape index (κ3) is 64.7. The van der Waals surface area contributed by atoms with E-state index in [1.807, 2.05) is 0 Å². The van der Waals surface area contributed by atoms with Crippen LogP contribution in [0.4, 0.5) is 0 Å². The number of ether oxygens (including phenoxy) is 3. The molecule has 0 aromatic heterocycles. The van der Waals surface area contributed by atoms with Crippen molar-refractivity contribution in [2.75, 3.05) is 13.2 Å². The zero-order chi connectivity index (χ0) is 56.4. The molecule has 0 heterocycles. The quantitative estimate of drug-likeness (QED) is 0.0261. The first-order valence-electron chi connectivity index (χ1n) is 35.3. The highest BCUT2D eigenvalue weighted by Crippen LogP contribution is 2.18. The normalized spacial score (nSPS) is 12.1. The molecule has 460 valence electrons. The van der Waals surface area contributed by atoms with Crippen molar-refractivity contribution in [2.45, 2.75) is 406 Å². The zero-order valence-corrected chi connectivity index (χ0v) is 53.0. The lowest BCUT2D eigenvalue weighted by atomic mass is 10.0. The lowest BCUT2D eigenvalue weighted by Gasteiger charge is -2.18. The van der Waals surface area contributed by atoms with Gasteiger partial charge in [0.25, 0.3) is 0 Å². The first-order valence-corrected chi connectivity index (χ1v) is 35.3. The molecule has 0 bridgehead atoms. The second kappa shape index (κ2) is 67.4. The highest BCUT2D eigenvalue weighted by Gasteiger charge is 2.19. The van der Waals surface area contributed by atoms with Crippen LogP contribution in [-0.4, -0.2) is 37.2 Å². The van der Waals surface area contributed by atoms with Gasteiger partial charge < -0.3 is 14.2 Å². The minimum atomic E-state index is -0.770. The third-order valence-corrected chi connectivity index (χ3v) is 16.2. The molecule has 0 fully saturated rings. The molecule has 0 rings (SSSR count). The van der Waals surface area contributed by atoms with Crippen LogP contribution in [0.2, 0.25) is 0 Å². The molecule has 0 spiro atoms. The van der Waals surface area contributed by atoms with Crippen molar-refractivity contribution in [3.05, 3.63) is 24.3 Å². The maximum absolute atomic E-state index is 12.9. The Bertz CT molecular complexity index is 1260. The average molecular weight is 1100 g/mol. The molecule has 0 saturated carbocycles. The summed E-state index contributed by atoms with van der Waals surface area (Å²) in [5, 5.41) is 0. The van der Waals surface area contributed by atoms with E-state index in [-0.39, 0.29) is 31.1 Å². The van der Waals surface area contributed by atoms with E-state index in [1.54, 1.807) is 0 Å². The van der Waals surface area contributed by atoms with E-state index < -0.39 is 6.10 Å². The van der Waals surface area contributed by atoms with E-state index in [0.717, 1.165) is 64.2 Å². The van der Waals surface area contributed by atoms with E-state index in [1.165, 1.54) is 295 Å². The molecule has 78 heavy (non-hydrogen) atoms. The van der Waals surface area contributed by atoms with Crippen molar-refractivity contribution in [1.82, 2.24) is 0 Å². The topological polar surface area (TPSA) is 78.9 Å². The number of allylic oxidation sites excluding steroid dienone is 4. The van der Waals surface area contributed by atoms with Crippen LogP contribution in [0.15, 0.2) is 24.3 Å². The molecule has 1 unspecified atom stereocenters. The molecule has 0 radical (unpaired) electrons. The van der Waals surface area contributed by atoms with E-state index in [0.29, 0.717) is 19.3 Å². The van der Waals surface area contributed by atoms with Crippen molar-refractivity contribution in [2.24, 2.45) is 0 Å². The van der Waals surface area contributed by atoms with E-state index in [2.05, 4.69) is 45.1 Å². The monoisotopic (exact) mass is 1100 g/mol. The van der Waals surface area contributed by atoms with Crippen LogP contribution in [0, 0.1) is 0 Å². The van der Waals surface area contributed by atoms with Crippen LogP contribution in [0.25, 0.3) is 0 Å². The van der Waals surface area contributed by atoms with Gasteiger partial charge in [0.1, 0.15) is 13.2 Å². The first-order chi connectivity index (χ1) is 38.5. The molecule has 0 N–H and O–H groups in total. The Hall–Kier alpha value is -2.11. The number of esters is 3. The van der Waals surface area contributed by atoms with Crippen LogP contribution >= 0.6 is 0 Å². The van der Waals surface area contributed by atoms with Gasteiger partial charge in [-0.3, -0.25) is 14.4 Å². The fourth-order valence-corrected chi connectivity index (χ4v) is 10.8. The van der Waals surface area contributed by atoms with Gasteiger partial charge in [0.2, 0.25) is 0 Å². The molecule has 0 aromatic rings. The molecule has 1 atom stereocenters. The number of hydrogen-bond donors (Lipinski definition) is 0. The summed E-state index contributed by atoms with van der Waals surface area (Å²) in [6, 6.07) is 0. The van der Waals surface area contributed by atoms with E-state index >= 15 is 0 Å². The molecule has 0 saturated heterocycles. The number of hydrogen-bond acceptors (Lipinski definition) is 6. The van der Waals surface area contributed by atoms with E-state index in [9.17, 15) is 14.4 Å². The van der Waals surface area contributed by atoms with Crippen LogP contribution in [0.1, 0.15) is 400 Å². The third-order valence-electron chi connectivity index (χ3n) is 16.2. The van der Waals surface area contributed by atoms with Crippen molar-refractivity contribution in [1.29, 1.82) is 0 Å². The summed E-state index contributed by atoms with van der Waals surface area (Å²) in [5.41, 5.74) is 0. The lowest BCUT2D eigenvalue weighted by Crippen LogP contribution is -2.30. The van der Waals surface area contributed by atoms with Gasteiger partial charge in [-0.2, -0.15) is 0 Å². The summed E-state index contributed by atoms with van der Waals surface area (Å²) >= 11 is 0. The SMILES string of the molecule is CCCCCCCCC/C=C\CCCCCCCC(=O)OC(COC(=O)CCCCCCCCCCC)COC(=O)CCCCCCCCCCCCCCCCCCCCCCCCC/C=C\CCCCCCCCCC. The van der Waals surface area contributed by atoms with Crippen molar-refractivity contribution in [3.8, 4) is 0 Å². The summed E-state index contributed by atoms with van der Waals surface area (Å²) in [7, 11) is 0. The van der Waals surface area contributed by atoms with Crippen LogP contribution in [-0.2, 0) is 28.6 Å². The minimum Gasteiger partial charge on any atom is -0.462 e. The molecule has 6 nitrogen and oxygen atoms in total.